The van der Waals surface area contributed by atoms with Gasteiger partial charge in [0.2, 0.25) is 5.89 Å². The molecule has 1 aliphatic heterocycles. The zero-order valence-corrected chi connectivity index (χ0v) is 14.1. The van der Waals surface area contributed by atoms with Gasteiger partial charge in [-0.1, -0.05) is 12.1 Å². The number of aliphatic hydroxyl groups is 1. The second-order valence-corrected chi connectivity index (χ2v) is 6.52. The molecular weight excluding hydrogens is 280 g/mol. The van der Waals surface area contributed by atoms with Crippen LogP contribution in [0.4, 0.5) is 0 Å². The number of likely N-dealkylation sites (tertiary alicyclic amines) is 1. The molecular formula is C16H30N4O2. The number of aromatic nitrogens is 2. The Kier molecular flexibility index (Phi) is 6.79. The number of hydrogen-bond acceptors (Lipinski definition) is 6. The molecule has 1 aliphatic rings. The van der Waals surface area contributed by atoms with E-state index in [1.165, 1.54) is 12.8 Å². The molecule has 0 saturated carbocycles. The van der Waals surface area contributed by atoms with Gasteiger partial charge in [0.25, 0.3) is 0 Å². The van der Waals surface area contributed by atoms with E-state index in [0.717, 1.165) is 44.8 Å². The van der Waals surface area contributed by atoms with E-state index in [4.69, 9.17) is 4.52 Å². The average Bonchev–Trinajstić information content (AvgIpc) is 2.95. The van der Waals surface area contributed by atoms with Gasteiger partial charge in [0.05, 0.1) is 12.1 Å². The fourth-order valence-electron chi connectivity index (χ4n) is 2.95. The summed E-state index contributed by atoms with van der Waals surface area (Å²) >= 11 is 0. The molecule has 0 aliphatic carbocycles. The van der Waals surface area contributed by atoms with Gasteiger partial charge in [-0.2, -0.15) is 4.98 Å². The van der Waals surface area contributed by atoms with Crippen LogP contribution >= 0.6 is 0 Å². The maximum Gasteiger partial charge on any atom is 0.243 e. The van der Waals surface area contributed by atoms with E-state index in [1.54, 1.807) is 0 Å². The van der Waals surface area contributed by atoms with Crippen LogP contribution in [0, 0.1) is 5.92 Å². The zero-order chi connectivity index (χ0) is 15.9. The number of aliphatic hydroxyl groups excluding tert-OH is 1. The lowest BCUT2D eigenvalue weighted by molar-refractivity contribution is 0.0991. The molecule has 0 amide bonds. The van der Waals surface area contributed by atoms with Gasteiger partial charge in [0, 0.05) is 13.0 Å². The van der Waals surface area contributed by atoms with E-state index in [1.807, 2.05) is 6.92 Å². The molecule has 126 valence electrons. The van der Waals surface area contributed by atoms with Crippen LogP contribution in [-0.2, 0) is 6.42 Å². The van der Waals surface area contributed by atoms with Gasteiger partial charge in [0.1, 0.15) is 0 Å². The minimum atomic E-state index is -0.232. The van der Waals surface area contributed by atoms with E-state index in [2.05, 4.69) is 34.2 Å². The van der Waals surface area contributed by atoms with Crippen LogP contribution in [0.15, 0.2) is 4.52 Å². The first kappa shape index (κ1) is 17.4. The maximum absolute atomic E-state index is 9.44. The molecule has 22 heavy (non-hydrogen) atoms. The predicted octanol–water partition coefficient (Wildman–Crippen LogP) is 1.77. The van der Waals surface area contributed by atoms with Crippen molar-refractivity contribution >= 4 is 0 Å². The highest BCUT2D eigenvalue weighted by Crippen LogP contribution is 2.18. The predicted molar refractivity (Wildman–Crippen MR) is 85.6 cm³/mol. The first-order chi connectivity index (χ1) is 10.6. The first-order valence-corrected chi connectivity index (χ1v) is 8.54. The summed E-state index contributed by atoms with van der Waals surface area (Å²) in [4.78, 5) is 6.78. The van der Waals surface area contributed by atoms with E-state index >= 15 is 0 Å². The Labute approximate surface area is 133 Å². The van der Waals surface area contributed by atoms with Crippen molar-refractivity contribution in [3.63, 3.8) is 0 Å². The van der Waals surface area contributed by atoms with E-state index in [-0.39, 0.29) is 12.1 Å². The van der Waals surface area contributed by atoms with Crippen LogP contribution in [0.5, 0.6) is 0 Å². The topological polar surface area (TPSA) is 74.4 Å². The van der Waals surface area contributed by atoms with Gasteiger partial charge in [-0.3, -0.25) is 0 Å². The lowest BCUT2D eigenvalue weighted by Gasteiger charge is -2.33. The van der Waals surface area contributed by atoms with Gasteiger partial charge in [-0.05, 0) is 58.7 Å². The van der Waals surface area contributed by atoms with Crippen molar-refractivity contribution in [2.75, 3.05) is 26.2 Å². The summed E-state index contributed by atoms with van der Waals surface area (Å²) in [5.41, 5.74) is 0. The summed E-state index contributed by atoms with van der Waals surface area (Å²) in [5.74, 6) is 2.18. The monoisotopic (exact) mass is 310 g/mol. The van der Waals surface area contributed by atoms with Crippen molar-refractivity contribution in [2.24, 2.45) is 5.92 Å². The van der Waals surface area contributed by atoms with Crippen molar-refractivity contribution in [1.29, 1.82) is 0 Å². The first-order valence-electron chi connectivity index (χ1n) is 8.54. The number of nitrogens with zero attached hydrogens (tertiary/aromatic N) is 3. The van der Waals surface area contributed by atoms with Gasteiger partial charge in [-0.25, -0.2) is 0 Å². The molecule has 1 saturated heterocycles. The molecule has 0 spiro atoms. The number of β-amino-alcohol motifs (C(OH)–C–C–N with tert-alkyl or cyclic N) is 1. The van der Waals surface area contributed by atoms with Gasteiger partial charge in [0.15, 0.2) is 5.82 Å². The molecule has 2 rings (SSSR count). The molecule has 1 aromatic rings. The lowest BCUT2D eigenvalue weighted by atomic mass is 9.96. The van der Waals surface area contributed by atoms with Crippen molar-refractivity contribution in [2.45, 2.75) is 58.6 Å². The normalized spacial score (nSPS) is 20.2. The highest BCUT2D eigenvalue weighted by Gasteiger charge is 2.21. The van der Waals surface area contributed by atoms with Crippen LogP contribution < -0.4 is 5.32 Å². The Morgan fingerprint density at radius 2 is 2.09 bits per heavy atom. The molecule has 0 radical (unpaired) electrons. The van der Waals surface area contributed by atoms with Crippen molar-refractivity contribution in [3.05, 3.63) is 11.7 Å². The molecule has 2 atom stereocenters. The highest BCUT2D eigenvalue weighted by atomic mass is 16.5. The highest BCUT2D eigenvalue weighted by molar-refractivity contribution is 4.91. The third-order valence-electron chi connectivity index (χ3n) is 4.27. The van der Waals surface area contributed by atoms with Crippen LogP contribution in [0.1, 0.15) is 57.8 Å². The Balaban J connectivity index is 1.69. The van der Waals surface area contributed by atoms with E-state index in [0.29, 0.717) is 11.8 Å². The van der Waals surface area contributed by atoms with Crippen LogP contribution in [0.2, 0.25) is 0 Å². The molecule has 0 unspecified atom stereocenters. The molecule has 6 heteroatoms. The third-order valence-corrected chi connectivity index (χ3v) is 4.27. The third kappa shape index (κ3) is 5.34. The summed E-state index contributed by atoms with van der Waals surface area (Å²) in [5, 5.41) is 17.0. The lowest BCUT2D eigenvalue weighted by Crippen LogP contribution is -2.40. The Hall–Kier alpha value is -0.980. The number of piperidine rings is 1. The smallest absolute Gasteiger partial charge is 0.243 e. The minimum Gasteiger partial charge on any atom is -0.392 e. The quantitative estimate of drug-likeness (QED) is 0.762. The number of rotatable bonds is 8. The van der Waals surface area contributed by atoms with Gasteiger partial charge >= 0.3 is 0 Å². The molecule has 2 heterocycles. The number of aryl methyl sites for hydroxylation is 1. The Bertz CT molecular complexity index is 428. The largest absolute Gasteiger partial charge is 0.392 e. The fraction of sp³-hybridized carbons (Fsp3) is 0.875. The minimum absolute atomic E-state index is 0.105. The summed E-state index contributed by atoms with van der Waals surface area (Å²) in [6, 6.07) is 0.105. The maximum atomic E-state index is 9.44. The fourth-order valence-corrected chi connectivity index (χ4v) is 2.95. The molecule has 0 bridgehead atoms. The Morgan fingerprint density at radius 1 is 1.36 bits per heavy atom. The van der Waals surface area contributed by atoms with Crippen LogP contribution in [0.25, 0.3) is 0 Å². The standard InChI is InChI=1S/C16H30N4O2/c1-4-5-15-18-16(22-19-15)13(3)17-10-14-6-8-20(9-7-14)11-12(2)21/h12-14,17,21H,4-11H2,1-3H3/t12-,13+/m0/s1. The Morgan fingerprint density at radius 3 is 2.73 bits per heavy atom. The van der Waals surface area contributed by atoms with Gasteiger partial charge in [-0.15, -0.1) is 0 Å². The molecule has 2 N–H and O–H groups in total. The van der Waals surface area contributed by atoms with E-state index in [9.17, 15) is 5.11 Å². The summed E-state index contributed by atoms with van der Waals surface area (Å²) in [6.45, 7) is 9.97. The molecule has 6 nitrogen and oxygen atoms in total. The molecule has 0 aromatic carbocycles. The summed E-state index contributed by atoms with van der Waals surface area (Å²) < 4.78 is 5.32. The zero-order valence-electron chi connectivity index (χ0n) is 14.1. The van der Waals surface area contributed by atoms with Crippen LogP contribution in [-0.4, -0.2) is 52.4 Å². The molecule has 1 aromatic heterocycles. The molecule has 1 fully saturated rings. The summed E-state index contributed by atoms with van der Waals surface area (Å²) in [7, 11) is 0. The van der Waals surface area contributed by atoms with Gasteiger partial charge < -0.3 is 19.8 Å². The van der Waals surface area contributed by atoms with Crippen molar-refractivity contribution < 1.29 is 9.63 Å². The average molecular weight is 310 g/mol. The number of nitrogens with one attached hydrogen (secondary N) is 1. The number of hydrogen-bond donors (Lipinski definition) is 2. The summed E-state index contributed by atoms with van der Waals surface area (Å²) in [6.07, 6.45) is 4.03. The van der Waals surface area contributed by atoms with Crippen molar-refractivity contribution in [3.8, 4) is 0 Å². The van der Waals surface area contributed by atoms with Crippen molar-refractivity contribution in [1.82, 2.24) is 20.4 Å². The van der Waals surface area contributed by atoms with Crippen LogP contribution in [0.3, 0.4) is 0 Å². The SMILES string of the molecule is CCCc1noc([C@@H](C)NCC2CCN(C[C@H](C)O)CC2)n1. The second kappa shape index (κ2) is 8.60. The second-order valence-electron chi connectivity index (χ2n) is 6.52. The van der Waals surface area contributed by atoms with E-state index < -0.39 is 0 Å².